The van der Waals surface area contributed by atoms with E-state index in [4.69, 9.17) is 9.47 Å². The van der Waals surface area contributed by atoms with E-state index in [0.717, 1.165) is 0 Å². The van der Waals surface area contributed by atoms with Crippen LogP contribution in [-0.4, -0.2) is 55.0 Å². The number of carboxylic acid groups (broad SMARTS) is 1. The zero-order chi connectivity index (χ0) is 17.8. The molecule has 4 unspecified atom stereocenters. The Morgan fingerprint density at radius 3 is 2.30 bits per heavy atom. The van der Waals surface area contributed by atoms with Crippen molar-refractivity contribution >= 4 is 18.0 Å². The first-order chi connectivity index (χ1) is 10.6. The van der Waals surface area contributed by atoms with Gasteiger partial charge in [-0.15, -0.1) is 0 Å². The highest BCUT2D eigenvalue weighted by Gasteiger charge is 2.61. The first-order valence-corrected chi connectivity index (χ1v) is 7.66. The molecule has 0 aromatic rings. The second kappa shape index (κ2) is 7.63. The van der Waals surface area contributed by atoms with Crippen LogP contribution in [-0.2, 0) is 19.1 Å². The van der Waals surface area contributed by atoms with Crippen LogP contribution in [0.4, 0.5) is 4.79 Å². The molecule has 0 spiro atoms. The summed E-state index contributed by atoms with van der Waals surface area (Å²) in [5.74, 6) is -2.90. The molecule has 0 bridgehead atoms. The molecule has 4 atom stereocenters. The summed E-state index contributed by atoms with van der Waals surface area (Å²) in [5.41, 5.74) is -0.735. The lowest BCUT2D eigenvalue weighted by Gasteiger charge is -2.22. The second-order valence-corrected chi connectivity index (χ2v) is 6.54. The Bertz CT molecular complexity index is 459. The minimum atomic E-state index is -1.20. The number of rotatable bonds is 7. The van der Waals surface area contributed by atoms with Gasteiger partial charge in [0.15, 0.2) is 0 Å². The van der Waals surface area contributed by atoms with E-state index in [1.165, 1.54) is 0 Å². The average molecular weight is 330 g/mol. The first-order valence-electron chi connectivity index (χ1n) is 7.66. The van der Waals surface area contributed by atoms with Crippen molar-refractivity contribution < 1.29 is 29.0 Å². The fourth-order valence-electron chi connectivity index (χ4n) is 2.68. The maximum atomic E-state index is 12.0. The van der Waals surface area contributed by atoms with Gasteiger partial charge in [0.05, 0.1) is 12.5 Å². The van der Waals surface area contributed by atoms with Crippen LogP contribution in [0.15, 0.2) is 0 Å². The minimum absolute atomic E-state index is 0.199. The fourth-order valence-corrected chi connectivity index (χ4v) is 2.68. The van der Waals surface area contributed by atoms with Crippen molar-refractivity contribution in [3.05, 3.63) is 0 Å². The van der Waals surface area contributed by atoms with Crippen molar-refractivity contribution in [2.75, 3.05) is 20.2 Å². The highest BCUT2D eigenvalue weighted by atomic mass is 16.6. The number of amides is 1. The summed E-state index contributed by atoms with van der Waals surface area (Å²) < 4.78 is 10.1. The van der Waals surface area contributed by atoms with Crippen molar-refractivity contribution in [1.29, 1.82) is 0 Å². The van der Waals surface area contributed by atoms with Crippen molar-refractivity contribution in [2.24, 2.45) is 17.8 Å². The smallest absolute Gasteiger partial charge is 0.408 e. The predicted octanol–water partition coefficient (Wildman–Crippen LogP) is 0.609. The number of carbonyl (C=O) groups excluding carboxylic acids is 2. The maximum Gasteiger partial charge on any atom is 0.408 e. The molecule has 0 heterocycles. The molecule has 8 nitrogen and oxygen atoms in total. The molecule has 0 aromatic heterocycles. The minimum Gasteiger partial charge on any atom is -0.480 e. The number of carbonyl (C=O) groups is 3. The third-order valence-corrected chi connectivity index (χ3v) is 3.55. The summed E-state index contributed by atoms with van der Waals surface area (Å²) in [4.78, 5) is 35.3. The molecule has 0 aromatic carbocycles. The average Bonchev–Trinajstić information content (AvgIpc) is 3.08. The van der Waals surface area contributed by atoms with Gasteiger partial charge in [0.2, 0.25) is 0 Å². The topological polar surface area (TPSA) is 114 Å². The monoisotopic (exact) mass is 330 g/mol. The number of hydrogen-bond acceptors (Lipinski definition) is 6. The number of esters is 1. The molecule has 1 saturated carbocycles. The van der Waals surface area contributed by atoms with Gasteiger partial charge < -0.3 is 25.2 Å². The molecule has 3 N–H and O–H groups in total. The van der Waals surface area contributed by atoms with Gasteiger partial charge >= 0.3 is 18.0 Å². The largest absolute Gasteiger partial charge is 0.480 e. The van der Waals surface area contributed by atoms with Crippen LogP contribution < -0.4 is 10.6 Å². The normalized spacial score (nSPS) is 24.5. The molecule has 8 heteroatoms. The maximum absolute atomic E-state index is 12.0. The van der Waals surface area contributed by atoms with Crippen LogP contribution in [0.2, 0.25) is 0 Å². The summed E-state index contributed by atoms with van der Waals surface area (Å²) in [7, 11) is 1.72. The Labute approximate surface area is 135 Å². The number of nitrogens with one attached hydrogen (secondary N) is 2. The molecule has 1 fully saturated rings. The summed E-state index contributed by atoms with van der Waals surface area (Å²) >= 11 is 0. The second-order valence-electron chi connectivity index (χ2n) is 6.54. The van der Waals surface area contributed by atoms with E-state index in [2.05, 4.69) is 10.6 Å². The van der Waals surface area contributed by atoms with Crippen molar-refractivity contribution in [1.82, 2.24) is 10.6 Å². The van der Waals surface area contributed by atoms with Gasteiger partial charge in [-0.25, -0.2) is 9.59 Å². The lowest BCUT2D eigenvalue weighted by Crippen LogP contribution is -2.45. The molecular formula is C15H26N2O6. The highest BCUT2D eigenvalue weighted by Crippen LogP contribution is 2.49. The van der Waals surface area contributed by atoms with Crippen LogP contribution >= 0.6 is 0 Å². The molecule has 0 saturated heterocycles. The van der Waals surface area contributed by atoms with E-state index in [1.54, 1.807) is 34.7 Å². The number of hydrogen-bond donors (Lipinski definition) is 3. The predicted molar refractivity (Wildman–Crippen MR) is 81.8 cm³/mol. The van der Waals surface area contributed by atoms with E-state index >= 15 is 0 Å². The lowest BCUT2D eigenvalue weighted by atomic mass is 10.1. The Balaban J connectivity index is 2.81. The van der Waals surface area contributed by atoms with Crippen molar-refractivity contribution in [2.45, 2.75) is 39.3 Å². The van der Waals surface area contributed by atoms with E-state index in [9.17, 15) is 19.5 Å². The highest BCUT2D eigenvalue weighted by molar-refractivity contribution is 5.84. The van der Waals surface area contributed by atoms with Crippen LogP contribution in [0.1, 0.15) is 27.7 Å². The molecule has 0 aliphatic heterocycles. The van der Waals surface area contributed by atoms with Gasteiger partial charge in [0.1, 0.15) is 11.6 Å². The van der Waals surface area contributed by atoms with E-state index in [0.29, 0.717) is 6.54 Å². The van der Waals surface area contributed by atoms with Gasteiger partial charge in [-0.3, -0.25) is 4.79 Å². The van der Waals surface area contributed by atoms with Crippen LogP contribution in [0.5, 0.6) is 0 Å². The van der Waals surface area contributed by atoms with Gasteiger partial charge in [-0.05, 0) is 47.2 Å². The van der Waals surface area contributed by atoms with Crippen LogP contribution in [0.25, 0.3) is 0 Å². The van der Waals surface area contributed by atoms with Gasteiger partial charge in [0.25, 0.3) is 0 Å². The quantitative estimate of drug-likeness (QED) is 0.586. The molecule has 1 amide bonds. The zero-order valence-corrected chi connectivity index (χ0v) is 14.2. The Morgan fingerprint density at radius 1 is 1.26 bits per heavy atom. The van der Waals surface area contributed by atoms with Crippen molar-refractivity contribution in [3.63, 3.8) is 0 Å². The van der Waals surface area contributed by atoms with Gasteiger partial charge in [-0.2, -0.15) is 0 Å². The number of aliphatic carboxylic acids is 1. The first kappa shape index (κ1) is 19.2. The Morgan fingerprint density at radius 2 is 1.87 bits per heavy atom. The van der Waals surface area contributed by atoms with Gasteiger partial charge in [-0.1, -0.05) is 0 Å². The molecule has 0 radical (unpaired) electrons. The summed E-state index contributed by atoms with van der Waals surface area (Å²) in [6, 6.07) is -1.20. The summed E-state index contributed by atoms with van der Waals surface area (Å²) in [5, 5.41) is 14.7. The summed E-state index contributed by atoms with van der Waals surface area (Å²) in [6.45, 7) is 7.44. The SMILES string of the molecule is CCOC(=O)C1C(CNC)C1C(NC(=O)OC(C)(C)C)C(=O)O. The molecule has 1 aliphatic carbocycles. The van der Waals surface area contributed by atoms with Crippen molar-refractivity contribution in [3.8, 4) is 0 Å². The van der Waals surface area contributed by atoms with Crippen LogP contribution in [0, 0.1) is 17.8 Å². The standard InChI is InChI=1S/C15H26N2O6/c1-6-22-13(20)10-8(7-16-5)9(10)11(12(18)19)17-14(21)23-15(2,3)4/h8-11,16H,6-7H2,1-5H3,(H,17,21)(H,18,19). The number of alkyl carbamates (subject to hydrolysis) is 1. The Hall–Kier alpha value is -1.83. The lowest BCUT2D eigenvalue weighted by molar-refractivity contribution is -0.145. The molecule has 23 heavy (non-hydrogen) atoms. The van der Waals surface area contributed by atoms with Gasteiger partial charge in [0, 0.05) is 5.92 Å². The molecule has 132 valence electrons. The van der Waals surface area contributed by atoms with E-state index in [-0.39, 0.29) is 12.5 Å². The number of ether oxygens (including phenoxy) is 2. The zero-order valence-electron chi connectivity index (χ0n) is 14.2. The summed E-state index contributed by atoms with van der Waals surface area (Å²) in [6.07, 6.45) is -0.817. The Kier molecular flexibility index (Phi) is 6.37. The third-order valence-electron chi connectivity index (χ3n) is 3.55. The van der Waals surface area contributed by atoms with E-state index < -0.39 is 41.5 Å². The van der Waals surface area contributed by atoms with Crippen LogP contribution in [0.3, 0.4) is 0 Å². The number of carboxylic acids is 1. The fraction of sp³-hybridized carbons (Fsp3) is 0.800. The molecule has 1 aliphatic rings. The third kappa shape index (κ3) is 5.38. The molecular weight excluding hydrogens is 304 g/mol. The van der Waals surface area contributed by atoms with E-state index in [1.807, 2.05) is 0 Å². The molecule has 1 rings (SSSR count).